The third-order valence-electron chi connectivity index (χ3n) is 8.62. The number of Topliss-reactive ketones (excluding diaryl/α,β-unsaturated/α-hetero) is 1. The number of aliphatic hydroxyl groups excluding tert-OH is 3. The zero-order valence-corrected chi connectivity index (χ0v) is 20.4. The number of ketones is 1. The van der Waals surface area contributed by atoms with Crippen molar-refractivity contribution in [3.63, 3.8) is 0 Å². The molecule has 33 heavy (non-hydrogen) atoms. The molecule has 9 nitrogen and oxygen atoms in total. The first-order valence-corrected chi connectivity index (χ1v) is 11.7. The summed E-state index contributed by atoms with van der Waals surface area (Å²) in [5, 5.41) is 46.7. The van der Waals surface area contributed by atoms with E-state index in [1.54, 1.807) is 13.8 Å². The summed E-state index contributed by atoms with van der Waals surface area (Å²) < 4.78 is 12.0. The first-order valence-electron chi connectivity index (χ1n) is 11.7. The fraction of sp³-hybridized carbons (Fsp3) is 0.833. The number of carbonyl (C=O) groups is 2. The molecule has 188 valence electrons. The maximum absolute atomic E-state index is 12.6. The van der Waals surface area contributed by atoms with Gasteiger partial charge < -0.3 is 35.2 Å². The largest absolute Gasteiger partial charge is 0.440 e. The number of aliphatic hydroxyl groups is 4. The first kappa shape index (κ1) is 26.1. The Labute approximate surface area is 195 Å². The van der Waals surface area contributed by atoms with Crippen LogP contribution in [0.1, 0.15) is 60.8 Å². The fourth-order valence-corrected chi connectivity index (χ4v) is 6.58. The third-order valence-corrected chi connectivity index (χ3v) is 8.62. The van der Waals surface area contributed by atoms with E-state index in [1.807, 2.05) is 13.8 Å². The lowest BCUT2D eigenvalue weighted by Crippen LogP contribution is -2.83. The van der Waals surface area contributed by atoms with Gasteiger partial charge in [-0.2, -0.15) is 0 Å². The minimum absolute atomic E-state index is 0.110. The minimum Gasteiger partial charge on any atom is -0.440 e. The van der Waals surface area contributed by atoms with Crippen molar-refractivity contribution >= 4 is 11.9 Å². The average molecular weight is 470 g/mol. The first-order chi connectivity index (χ1) is 15.1. The summed E-state index contributed by atoms with van der Waals surface area (Å²) >= 11 is 0. The van der Waals surface area contributed by atoms with Crippen LogP contribution in [0, 0.1) is 16.7 Å². The molecular weight excluding hydrogens is 430 g/mol. The molecule has 1 aliphatic heterocycles. The van der Waals surface area contributed by atoms with Gasteiger partial charge in [0, 0.05) is 24.5 Å². The van der Waals surface area contributed by atoms with Gasteiger partial charge in [0.1, 0.15) is 16.8 Å². The van der Waals surface area contributed by atoms with E-state index in [0.717, 1.165) is 0 Å². The molecule has 0 unspecified atom stereocenters. The molecule has 0 saturated heterocycles. The second-order valence-corrected chi connectivity index (χ2v) is 11.1. The normalized spacial score (nSPS) is 46.1. The predicted octanol–water partition coefficient (Wildman–Crippen LogP) is 1.07. The molecule has 1 heterocycles. The summed E-state index contributed by atoms with van der Waals surface area (Å²) in [5.41, 5.74) is -6.81. The zero-order chi connectivity index (χ0) is 25.0. The van der Waals surface area contributed by atoms with Crippen molar-refractivity contribution in [1.29, 1.82) is 0 Å². The SMILES string of the molecule is CC(=O)[C@@]1(C)C=C[C@]2(O)[C@@]3(C)[C@@H](O)CCC(C)(C)[C@@H]3[C@H](O)[C@H](OC(=O)NCCCO)[C@@]2(C)O1. The average Bonchev–Trinajstić information content (AvgIpc) is 2.71. The van der Waals surface area contributed by atoms with Crippen LogP contribution in [0.5, 0.6) is 0 Å². The lowest BCUT2D eigenvalue weighted by atomic mass is 9.41. The van der Waals surface area contributed by atoms with Crippen molar-refractivity contribution in [2.75, 3.05) is 13.2 Å². The van der Waals surface area contributed by atoms with Crippen LogP contribution < -0.4 is 5.32 Å². The van der Waals surface area contributed by atoms with E-state index in [4.69, 9.17) is 14.6 Å². The van der Waals surface area contributed by atoms with Gasteiger partial charge in [0.2, 0.25) is 0 Å². The summed E-state index contributed by atoms with van der Waals surface area (Å²) in [6, 6.07) is 0. The Bertz CT molecular complexity index is 829. The molecule has 0 radical (unpaired) electrons. The predicted molar refractivity (Wildman–Crippen MR) is 119 cm³/mol. The Kier molecular flexibility index (Phi) is 6.57. The number of amides is 1. The molecule has 0 aromatic carbocycles. The second kappa shape index (κ2) is 8.30. The van der Waals surface area contributed by atoms with Gasteiger partial charge in [-0.1, -0.05) is 26.8 Å². The van der Waals surface area contributed by atoms with Crippen molar-refractivity contribution in [2.45, 2.75) is 95.9 Å². The zero-order valence-electron chi connectivity index (χ0n) is 20.4. The molecule has 5 N–H and O–H groups in total. The molecule has 8 atom stereocenters. The molecule has 9 heteroatoms. The van der Waals surface area contributed by atoms with Gasteiger partial charge in [-0.05, 0) is 51.5 Å². The van der Waals surface area contributed by atoms with E-state index in [-0.39, 0.29) is 18.9 Å². The highest BCUT2D eigenvalue weighted by molar-refractivity contribution is 5.87. The summed E-state index contributed by atoms with van der Waals surface area (Å²) in [6.07, 6.45) is -0.129. The molecule has 1 amide bonds. The van der Waals surface area contributed by atoms with E-state index in [2.05, 4.69) is 5.32 Å². The standard InChI is InChI=1S/C24H39NO8/c1-14(27)21(4)10-11-24(31)22(5)15(28)8-9-20(2,3)17(22)16(29)18(23(24,6)33-21)32-19(30)25-12-7-13-26/h10-11,15-18,26,28-29,31H,7-9,12-13H2,1-6H3,(H,25,30)/t15-,16-,17-,18-,21+,22-,23+,24-/m0/s1. The van der Waals surface area contributed by atoms with Gasteiger partial charge in [0.05, 0.1) is 12.2 Å². The molecule has 3 aliphatic rings. The van der Waals surface area contributed by atoms with Gasteiger partial charge in [-0.3, -0.25) is 4.79 Å². The molecule has 0 aromatic heterocycles. The van der Waals surface area contributed by atoms with Crippen LogP contribution >= 0.6 is 0 Å². The molecule has 0 bridgehead atoms. The lowest BCUT2D eigenvalue weighted by molar-refractivity contribution is -0.359. The van der Waals surface area contributed by atoms with E-state index in [9.17, 15) is 24.9 Å². The molecular formula is C24H39NO8. The Hall–Kier alpha value is -1.52. The van der Waals surface area contributed by atoms with E-state index >= 15 is 0 Å². The quantitative estimate of drug-likeness (QED) is 0.297. The summed E-state index contributed by atoms with van der Waals surface area (Å²) in [4.78, 5) is 25.1. The van der Waals surface area contributed by atoms with Gasteiger partial charge in [-0.25, -0.2) is 4.79 Å². The van der Waals surface area contributed by atoms with Gasteiger partial charge in [-0.15, -0.1) is 0 Å². The highest BCUT2D eigenvalue weighted by Gasteiger charge is 2.78. The van der Waals surface area contributed by atoms with Crippen LogP contribution in [0.3, 0.4) is 0 Å². The number of hydrogen-bond donors (Lipinski definition) is 5. The van der Waals surface area contributed by atoms with Gasteiger partial charge >= 0.3 is 6.09 Å². The number of ether oxygens (including phenoxy) is 2. The monoisotopic (exact) mass is 469 g/mol. The maximum Gasteiger partial charge on any atom is 0.407 e. The molecule has 0 aromatic rings. The van der Waals surface area contributed by atoms with Crippen LogP contribution in [-0.4, -0.2) is 80.6 Å². The molecule has 0 spiro atoms. The van der Waals surface area contributed by atoms with Crippen molar-refractivity contribution in [3.8, 4) is 0 Å². The van der Waals surface area contributed by atoms with E-state index in [0.29, 0.717) is 19.3 Å². The van der Waals surface area contributed by atoms with Crippen molar-refractivity contribution in [2.24, 2.45) is 16.7 Å². The summed E-state index contributed by atoms with van der Waals surface area (Å²) in [5.74, 6) is -0.975. The minimum atomic E-state index is -1.87. The van der Waals surface area contributed by atoms with Crippen LogP contribution in [0.15, 0.2) is 12.2 Å². The smallest absolute Gasteiger partial charge is 0.407 e. The number of fused-ring (bicyclic) bond motifs is 3. The summed E-state index contributed by atoms with van der Waals surface area (Å²) in [7, 11) is 0. The second-order valence-electron chi connectivity index (χ2n) is 11.1. The van der Waals surface area contributed by atoms with Crippen molar-refractivity contribution in [1.82, 2.24) is 5.32 Å². The Morgan fingerprint density at radius 1 is 1.15 bits per heavy atom. The Balaban J connectivity index is 2.17. The van der Waals surface area contributed by atoms with Gasteiger partial charge in [0.15, 0.2) is 11.9 Å². The topological polar surface area (TPSA) is 146 Å². The number of alkyl carbamates (subject to hydrolysis) is 1. The Morgan fingerprint density at radius 3 is 2.36 bits per heavy atom. The third kappa shape index (κ3) is 3.63. The Morgan fingerprint density at radius 2 is 1.79 bits per heavy atom. The lowest BCUT2D eigenvalue weighted by Gasteiger charge is -2.70. The van der Waals surface area contributed by atoms with Crippen LogP contribution in [0.4, 0.5) is 4.79 Å². The van der Waals surface area contributed by atoms with E-state index < -0.39 is 58.0 Å². The van der Waals surface area contributed by atoms with Crippen molar-refractivity contribution in [3.05, 3.63) is 12.2 Å². The molecule has 2 fully saturated rings. The van der Waals surface area contributed by atoms with E-state index in [1.165, 1.54) is 26.0 Å². The number of nitrogens with one attached hydrogen (secondary N) is 1. The number of carbonyl (C=O) groups excluding carboxylic acids is 2. The highest BCUT2D eigenvalue weighted by Crippen LogP contribution is 2.66. The highest BCUT2D eigenvalue weighted by atomic mass is 16.6. The molecule has 3 rings (SSSR count). The van der Waals surface area contributed by atoms with Crippen LogP contribution in [-0.2, 0) is 14.3 Å². The van der Waals surface area contributed by atoms with Crippen molar-refractivity contribution < 1.29 is 39.5 Å². The maximum atomic E-state index is 12.6. The van der Waals surface area contributed by atoms with Crippen LogP contribution in [0.2, 0.25) is 0 Å². The molecule has 2 saturated carbocycles. The number of hydrogen-bond acceptors (Lipinski definition) is 8. The molecule has 2 aliphatic carbocycles. The fourth-order valence-electron chi connectivity index (χ4n) is 6.58. The van der Waals surface area contributed by atoms with Crippen LogP contribution in [0.25, 0.3) is 0 Å². The summed E-state index contributed by atoms with van der Waals surface area (Å²) in [6.45, 7) is 10.1. The number of rotatable bonds is 5. The van der Waals surface area contributed by atoms with Gasteiger partial charge in [0.25, 0.3) is 0 Å².